The maximum atomic E-state index is 8.77. The van der Waals surface area contributed by atoms with Crippen LogP contribution in [0, 0.1) is 11.3 Å². The molecule has 0 amide bonds. The molecule has 0 aliphatic rings. The number of nitriles is 1. The van der Waals surface area contributed by atoms with Crippen LogP contribution < -0.4 is 4.74 Å². The summed E-state index contributed by atoms with van der Waals surface area (Å²) >= 11 is 0. The van der Waals surface area contributed by atoms with E-state index in [4.69, 9.17) is 14.4 Å². The highest BCUT2D eigenvalue weighted by atomic mass is 16.5. The smallest absolute Gasteiger partial charge is 0.261 e. The zero-order valence-electron chi connectivity index (χ0n) is 9.78. The van der Waals surface area contributed by atoms with E-state index in [1.54, 1.807) is 24.4 Å². The monoisotopic (exact) mass is 252 g/mol. The van der Waals surface area contributed by atoms with Crippen molar-refractivity contribution in [3.8, 4) is 11.9 Å². The van der Waals surface area contributed by atoms with E-state index in [1.165, 1.54) is 12.6 Å². The number of pyridine rings is 1. The summed E-state index contributed by atoms with van der Waals surface area (Å²) in [6.07, 6.45) is 4.52. The first-order chi connectivity index (χ1) is 9.36. The molecule has 6 nitrogen and oxygen atoms in total. The zero-order valence-corrected chi connectivity index (χ0v) is 9.78. The first-order valence-corrected chi connectivity index (χ1v) is 5.53. The number of rotatable bonds is 3. The van der Waals surface area contributed by atoms with Crippen LogP contribution >= 0.6 is 0 Å². The third-order valence-corrected chi connectivity index (χ3v) is 2.52. The van der Waals surface area contributed by atoms with Crippen molar-refractivity contribution in [3.63, 3.8) is 0 Å². The maximum absolute atomic E-state index is 8.77. The van der Waals surface area contributed by atoms with Crippen molar-refractivity contribution in [1.82, 2.24) is 15.0 Å². The molecule has 0 unspecified atom stereocenters. The summed E-state index contributed by atoms with van der Waals surface area (Å²) in [6, 6.07) is 7.17. The zero-order chi connectivity index (χ0) is 13.1. The van der Waals surface area contributed by atoms with Crippen LogP contribution in [0.1, 0.15) is 11.3 Å². The van der Waals surface area contributed by atoms with Gasteiger partial charge in [0.1, 0.15) is 30.2 Å². The van der Waals surface area contributed by atoms with Crippen molar-refractivity contribution in [3.05, 3.63) is 48.2 Å². The molecule has 0 aliphatic carbocycles. The molecular weight excluding hydrogens is 244 g/mol. The van der Waals surface area contributed by atoms with E-state index < -0.39 is 0 Å². The fraction of sp³-hybridized carbons (Fsp3) is 0.0769. The highest BCUT2D eigenvalue weighted by Gasteiger charge is 2.08. The first-order valence-electron chi connectivity index (χ1n) is 5.53. The van der Waals surface area contributed by atoms with Gasteiger partial charge in [0.15, 0.2) is 0 Å². The third kappa shape index (κ3) is 2.21. The summed E-state index contributed by atoms with van der Waals surface area (Å²) in [5.74, 6) is 0.380. The standard InChI is InChI=1S/C13H8N4O2/c14-6-10-5-9(1-3-15-10)7-19-13-12-11(2-4-18-12)16-8-17-13/h1-5,8H,7H2. The molecule has 0 radical (unpaired) electrons. The van der Waals surface area contributed by atoms with Gasteiger partial charge >= 0.3 is 0 Å². The molecule has 6 heteroatoms. The Labute approximate surface area is 108 Å². The average Bonchev–Trinajstić information content (AvgIpc) is 2.94. The van der Waals surface area contributed by atoms with Gasteiger partial charge in [-0.05, 0) is 17.7 Å². The highest BCUT2D eigenvalue weighted by Crippen LogP contribution is 2.22. The van der Waals surface area contributed by atoms with Crippen LogP contribution in [0.15, 0.2) is 41.4 Å². The Bertz CT molecular complexity index is 760. The Hall–Kier alpha value is -2.94. The van der Waals surface area contributed by atoms with E-state index >= 15 is 0 Å². The SMILES string of the molecule is N#Cc1cc(COc2ncnc3ccoc23)ccn1. The number of fused-ring (bicyclic) bond motifs is 1. The Morgan fingerprint density at radius 3 is 3.11 bits per heavy atom. The van der Waals surface area contributed by atoms with Crippen molar-refractivity contribution in [2.75, 3.05) is 0 Å². The molecule has 0 bridgehead atoms. The molecule has 0 aliphatic heterocycles. The molecule has 0 atom stereocenters. The second kappa shape index (κ2) is 4.74. The van der Waals surface area contributed by atoms with Gasteiger partial charge in [0.2, 0.25) is 5.58 Å². The van der Waals surface area contributed by atoms with Crippen LogP contribution in [0.4, 0.5) is 0 Å². The van der Waals surface area contributed by atoms with Gasteiger partial charge in [-0.15, -0.1) is 0 Å². The van der Waals surface area contributed by atoms with Crippen LogP contribution in [-0.4, -0.2) is 15.0 Å². The predicted octanol–water partition coefficient (Wildman–Crippen LogP) is 2.07. The number of hydrogen-bond acceptors (Lipinski definition) is 6. The average molecular weight is 252 g/mol. The lowest BCUT2D eigenvalue weighted by Crippen LogP contribution is -1.99. The van der Waals surface area contributed by atoms with Crippen molar-refractivity contribution in [1.29, 1.82) is 5.26 Å². The lowest BCUT2D eigenvalue weighted by Gasteiger charge is -2.05. The normalized spacial score (nSPS) is 10.3. The summed E-state index contributed by atoms with van der Waals surface area (Å²) < 4.78 is 10.8. The molecule has 3 aromatic rings. The van der Waals surface area contributed by atoms with Gasteiger partial charge in [0, 0.05) is 12.3 Å². The molecule has 0 saturated carbocycles. The van der Waals surface area contributed by atoms with Crippen molar-refractivity contribution in [2.24, 2.45) is 0 Å². The summed E-state index contributed by atoms with van der Waals surface area (Å²) in [5.41, 5.74) is 2.39. The molecule has 3 rings (SSSR count). The summed E-state index contributed by atoms with van der Waals surface area (Å²) in [4.78, 5) is 12.0. The van der Waals surface area contributed by atoms with Crippen LogP contribution in [0.3, 0.4) is 0 Å². The van der Waals surface area contributed by atoms with E-state index in [0.29, 0.717) is 22.7 Å². The summed E-state index contributed by atoms with van der Waals surface area (Å²) in [6.45, 7) is 0.282. The number of ether oxygens (including phenoxy) is 1. The van der Waals surface area contributed by atoms with Crippen LogP contribution in [-0.2, 0) is 6.61 Å². The molecule has 0 fully saturated rings. The largest absolute Gasteiger partial charge is 0.470 e. The van der Waals surface area contributed by atoms with E-state index in [9.17, 15) is 0 Å². The molecule has 3 aromatic heterocycles. The van der Waals surface area contributed by atoms with Gasteiger partial charge in [0.25, 0.3) is 5.88 Å². The molecule has 0 saturated heterocycles. The van der Waals surface area contributed by atoms with Crippen molar-refractivity contribution in [2.45, 2.75) is 6.61 Å². The molecule has 0 aromatic carbocycles. The predicted molar refractivity (Wildman–Crippen MR) is 65.1 cm³/mol. The Balaban J connectivity index is 1.82. The van der Waals surface area contributed by atoms with Crippen molar-refractivity contribution >= 4 is 11.1 Å². The number of aromatic nitrogens is 3. The fourth-order valence-electron chi connectivity index (χ4n) is 1.65. The lowest BCUT2D eigenvalue weighted by molar-refractivity contribution is 0.292. The van der Waals surface area contributed by atoms with E-state index in [-0.39, 0.29) is 6.61 Å². The van der Waals surface area contributed by atoms with E-state index in [0.717, 1.165) is 5.56 Å². The summed E-state index contributed by atoms with van der Waals surface area (Å²) in [7, 11) is 0. The van der Waals surface area contributed by atoms with E-state index in [1.807, 2.05) is 6.07 Å². The van der Waals surface area contributed by atoms with E-state index in [2.05, 4.69) is 15.0 Å². The van der Waals surface area contributed by atoms with Gasteiger partial charge in [-0.25, -0.2) is 9.97 Å². The number of nitrogens with zero attached hydrogens (tertiary/aromatic N) is 4. The van der Waals surface area contributed by atoms with Crippen LogP contribution in [0.25, 0.3) is 11.1 Å². The minimum Gasteiger partial charge on any atom is -0.470 e. The quantitative estimate of drug-likeness (QED) is 0.709. The molecule has 19 heavy (non-hydrogen) atoms. The van der Waals surface area contributed by atoms with Gasteiger partial charge in [-0.2, -0.15) is 10.2 Å². The van der Waals surface area contributed by atoms with Gasteiger partial charge < -0.3 is 9.15 Å². The van der Waals surface area contributed by atoms with Crippen LogP contribution in [0.2, 0.25) is 0 Å². The second-order valence-electron chi connectivity index (χ2n) is 3.76. The molecule has 3 heterocycles. The Kier molecular flexibility index (Phi) is 2.79. The fourth-order valence-corrected chi connectivity index (χ4v) is 1.65. The number of furan rings is 1. The topological polar surface area (TPSA) is 84.8 Å². The summed E-state index contributed by atoms with van der Waals surface area (Å²) in [5, 5.41) is 8.77. The molecule has 92 valence electrons. The van der Waals surface area contributed by atoms with Gasteiger partial charge in [-0.3, -0.25) is 0 Å². The minimum absolute atomic E-state index is 0.282. The Morgan fingerprint density at radius 2 is 2.21 bits per heavy atom. The number of hydrogen-bond donors (Lipinski definition) is 0. The maximum Gasteiger partial charge on any atom is 0.261 e. The Morgan fingerprint density at radius 1 is 1.26 bits per heavy atom. The van der Waals surface area contributed by atoms with Crippen molar-refractivity contribution < 1.29 is 9.15 Å². The molecule has 0 N–H and O–H groups in total. The van der Waals surface area contributed by atoms with Gasteiger partial charge in [0.05, 0.1) is 6.26 Å². The molecular formula is C13H8N4O2. The lowest BCUT2D eigenvalue weighted by atomic mass is 10.2. The van der Waals surface area contributed by atoms with Crippen LogP contribution in [0.5, 0.6) is 5.88 Å². The molecule has 0 spiro atoms. The highest BCUT2D eigenvalue weighted by molar-refractivity contribution is 5.76. The van der Waals surface area contributed by atoms with Gasteiger partial charge in [-0.1, -0.05) is 0 Å². The third-order valence-electron chi connectivity index (χ3n) is 2.52. The first kappa shape index (κ1) is 11.2. The second-order valence-corrected chi connectivity index (χ2v) is 3.76. The minimum atomic E-state index is 0.282.